The summed E-state index contributed by atoms with van der Waals surface area (Å²) in [5, 5.41) is 2.98. The number of sulfone groups is 1. The van der Waals surface area contributed by atoms with Gasteiger partial charge in [0.05, 0.1) is 17.2 Å². The van der Waals surface area contributed by atoms with E-state index >= 15 is 0 Å². The summed E-state index contributed by atoms with van der Waals surface area (Å²) in [5.41, 5.74) is 5.95. The van der Waals surface area contributed by atoms with Crippen LogP contribution in [0, 0.1) is 11.8 Å². The second-order valence-corrected chi connectivity index (χ2v) is 9.27. The summed E-state index contributed by atoms with van der Waals surface area (Å²) in [5.74, 6) is -3.62. The van der Waals surface area contributed by atoms with Crippen LogP contribution < -0.4 is 11.1 Å². The van der Waals surface area contributed by atoms with Crippen molar-refractivity contribution in [3.05, 3.63) is 54.3 Å². The number of hydrogen-bond donors (Lipinski definition) is 2. The Balaban J connectivity index is 2.14. The van der Waals surface area contributed by atoms with Gasteiger partial charge in [0, 0.05) is 12.0 Å². The van der Waals surface area contributed by atoms with Gasteiger partial charge in [-0.05, 0) is 48.7 Å². The molecule has 150 valence electrons. The van der Waals surface area contributed by atoms with Gasteiger partial charge in [-0.25, -0.2) is 17.2 Å². The van der Waals surface area contributed by atoms with E-state index in [1.807, 2.05) is 0 Å². The number of halogens is 2. The zero-order valence-corrected chi connectivity index (χ0v) is 16.6. The van der Waals surface area contributed by atoms with E-state index in [9.17, 15) is 17.2 Å². The van der Waals surface area contributed by atoms with Crippen molar-refractivity contribution in [2.75, 3.05) is 12.3 Å². The highest BCUT2D eigenvalue weighted by Gasteiger charge is 2.38. The minimum atomic E-state index is -3.33. The fourth-order valence-electron chi connectivity index (χ4n) is 2.90. The molecule has 1 aliphatic carbocycles. The maximum atomic E-state index is 14.5. The van der Waals surface area contributed by atoms with Crippen LogP contribution in [0.15, 0.2) is 53.6 Å². The standard InChI is InChI=1S/C20H28F2N2O2S/c1-3-27(25,26)18-9-6-8-17(13-18)19(16-10-11-16)24-14-20(21,22)15(2)7-4-5-12-23/h4-9,12-13,15-16,19,24H,3,10-11,14,23H2,1-2H3/b7-4-,12-5-. The van der Waals surface area contributed by atoms with Crippen LogP contribution in [0.3, 0.4) is 0 Å². The van der Waals surface area contributed by atoms with Gasteiger partial charge in [-0.1, -0.05) is 38.1 Å². The van der Waals surface area contributed by atoms with Crippen molar-refractivity contribution in [2.45, 2.75) is 43.5 Å². The first-order valence-electron chi connectivity index (χ1n) is 9.20. The molecule has 0 heterocycles. The molecular formula is C20H28F2N2O2S. The fourth-order valence-corrected chi connectivity index (χ4v) is 3.83. The van der Waals surface area contributed by atoms with Crippen LogP contribution >= 0.6 is 0 Å². The molecule has 0 radical (unpaired) electrons. The van der Waals surface area contributed by atoms with Gasteiger partial charge in [0.1, 0.15) is 0 Å². The third kappa shape index (κ3) is 5.87. The summed E-state index contributed by atoms with van der Waals surface area (Å²) in [6, 6.07) is 6.37. The second kappa shape index (κ2) is 8.97. The molecule has 0 aromatic heterocycles. The Morgan fingerprint density at radius 3 is 2.63 bits per heavy atom. The number of nitrogens with two attached hydrogens (primary N) is 1. The summed E-state index contributed by atoms with van der Waals surface area (Å²) in [6.07, 6.45) is 7.63. The van der Waals surface area contributed by atoms with Gasteiger partial charge in [-0.15, -0.1) is 0 Å². The summed E-state index contributed by atoms with van der Waals surface area (Å²) in [7, 11) is -3.33. The lowest BCUT2D eigenvalue weighted by molar-refractivity contribution is -0.0350. The number of alkyl halides is 2. The molecule has 0 aliphatic heterocycles. The summed E-state index contributed by atoms with van der Waals surface area (Å²) in [6.45, 7) is 2.58. The smallest absolute Gasteiger partial charge is 0.266 e. The predicted molar refractivity (Wildman–Crippen MR) is 104 cm³/mol. The molecule has 1 aliphatic rings. The SMILES string of the molecule is CCS(=O)(=O)c1cccc(C(NCC(F)(F)C(C)/C=C\C=C/N)C2CC2)c1. The molecule has 27 heavy (non-hydrogen) atoms. The molecule has 0 amide bonds. The number of nitrogens with one attached hydrogen (secondary N) is 1. The molecule has 1 saturated carbocycles. The monoisotopic (exact) mass is 398 g/mol. The van der Waals surface area contributed by atoms with Crippen molar-refractivity contribution >= 4 is 9.84 Å². The summed E-state index contributed by atoms with van der Waals surface area (Å²) >= 11 is 0. The van der Waals surface area contributed by atoms with E-state index in [4.69, 9.17) is 5.73 Å². The van der Waals surface area contributed by atoms with E-state index in [0.717, 1.165) is 18.4 Å². The number of benzene rings is 1. The molecule has 3 N–H and O–H groups in total. The highest BCUT2D eigenvalue weighted by Crippen LogP contribution is 2.42. The normalized spacial score (nSPS) is 18.2. The van der Waals surface area contributed by atoms with E-state index < -0.39 is 28.2 Å². The topological polar surface area (TPSA) is 72.2 Å². The molecule has 2 unspecified atom stereocenters. The van der Waals surface area contributed by atoms with Crippen LogP contribution in [0.25, 0.3) is 0 Å². The molecule has 7 heteroatoms. The highest BCUT2D eigenvalue weighted by atomic mass is 32.2. The van der Waals surface area contributed by atoms with Gasteiger partial charge < -0.3 is 11.1 Å². The largest absolute Gasteiger partial charge is 0.405 e. The van der Waals surface area contributed by atoms with Gasteiger partial charge in [-0.3, -0.25) is 0 Å². The number of rotatable bonds is 10. The van der Waals surface area contributed by atoms with E-state index in [1.165, 1.54) is 31.4 Å². The maximum Gasteiger partial charge on any atom is 0.266 e. The Morgan fingerprint density at radius 2 is 2.04 bits per heavy atom. The molecule has 1 aromatic carbocycles. The minimum Gasteiger partial charge on any atom is -0.405 e. The first-order chi connectivity index (χ1) is 12.7. The minimum absolute atomic E-state index is 0.0111. The van der Waals surface area contributed by atoms with Crippen LogP contribution in [0.2, 0.25) is 0 Å². The van der Waals surface area contributed by atoms with E-state index in [1.54, 1.807) is 31.2 Å². The van der Waals surface area contributed by atoms with Gasteiger partial charge >= 0.3 is 0 Å². The van der Waals surface area contributed by atoms with Crippen LogP contribution in [0.4, 0.5) is 8.78 Å². The highest BCUT2D eigenvalue weighted by molar-refractivity contribution is 7.91. The lowest BCUT2D eigenvalue weighted by atomic mass is 9.99. The maximum absolute atomic E-state index is 14.5. The van der Waals surface area contributed by atoms with Gasteiger partial charge in [0.2, 0.25) is 0 Å². The van der Waals surface area contributed by atoms with Gasteiger partial charge in [-0.2, -0.15) is 0 Å². The first kappa shape index (κ1) is 21.6. The number of hydrogen-bond acceptors (Lipinski definition) is 4. The van der Waals surface area contributed by atoms with Crippen molar-refractivity contribution in [3.8, 4) is 0 Å². The zero-order valence-electron chi connectivity index (χ0n) is 15.7. The van der Waals surface area contributed by atoms with Gasteiger partial charge in [0.25, 0.3) is 5.92 Å². The lowest BCUT2D eigenvalue weighted by Crippen LogP contribution is -2.39. The molecule has 1 fully saturated rings. The third-order valence-corrected chi connectivity index (χ3v) is 6.63. The summed E-state index contributed by atoms with van der Waals surface area (Å²) in [4.78, 5) is 0.242. The molecule has 1 aromatic rings. The molecule has 0 saturated heterocycles. The van der Waals surface area contributed by atoms with Crippen molar-refractivity contribution in [2.24, 2.45) is 17.6 Å². The fraction of sp³-hybridized carbons (Fsp3) is 0.500. The Bertz CT molecular complexity index is 787. The molecule has 0 bridgehead atoms. The first-order valence-corrected chi connectivity index (χ1v) is 10.9. The third-order valence-electron chi connectivity index (χ3n) is 4.90. The van der Waals surface area contributed by atoms with Crippen molar-refractivity contribution in [1.82, 2.24) is 5.32 Å². The van der Waals surface area contributed by atoms with Crippen molar-refractivity contribution < 1.29 is 17.2 Å². The zero-order chi connectivity index (χ0) is 20.1. The van der Waals surface area contributed by atoms with E-state index in [0.29, 0.717) is 0 Å². The van der Waals surface area contributed by atoms with Crippen LogP contribution in [-0.4, -0.2) is 26.6 Å². The van der Waals surface area contributed by atoms with Crippen molar-refractivity contribution in [1.29, 1.82) is 0 Å². The lowest BCUT2D eigenvalue weighted by Gasteiger charge is -2.26. The average molecular weight is 399 g/mol. The molecule has 4 nitrogen and oxygen atoms in total. The van der Waals surface area contributed by atoms with E-state index in [-0.39, 0.29) is 22.6 Å². The van der Waals surface area contributed by atoms with Crippen LogP contribution in [0.5, 0.6) is 0 Å². The quantitative estimate of drug-likeness (QED) is 0.588. The average Bonchev–Trinajstić information content (AvgIpc) is 3.47. The Kier molecular flexibility index (Phi) is 7.17. The van der Waals surface area contributed by atoms with Crippen LogP contribution in [0.1, 0.15) is 38.3 Å². The second-order valence-electron chi connectivity index (χ2n) is 6.99. The number of allylic oxidation sites excluding steroid dienone is 3. The molecule has 2 atom stereocenters. The molecule has 0 spiro atoms. The Morgan fingerprint density at radius 1 is 1.33 bits per heavy atom. The Hall–Kier alpha value is -1.73. The predicted octanol–water partition coefficient (Wildman–Crippen LogP) is 3.82. The molecular weight excluding hydrogens is 370 g/mol. The van der Waals surface area contributed by atoms with Gasteiger partial charge in [0.15, 0.2) is 9.84 Å². The van der Waals surface area contributed by atoms with Crippen LogP contribution in [-0.2, 0) is 9.84 Å². The summed E-state index contributed by atoms with van der Waals surface area (Å²) < 4.78 is 53.2. The van der Waals surface area contributed by atoms with Crippen molar-refractivity contribution in [3.63, 3.8) is 0 Å². The molecule has 2 rings (SSSR count). The van der Waals surface area contributed by atoms with E-state index in [2.05, 4.69) is 5.32 Å². The Labute approximate surface area is 160 Å².